The normalized spacial score (nSPS) is 10.9. The quantitative estimate of drug-likeness (QED) is 0.108. The van der Waals surface area contributed by atoms with Gasteiger partial charge in [0.2, 0.25) is 0 Å². The van der Waals surface area contributed by atoms with Crippen molar-refractivity contribution in [2.45, 2.75) is 0 Å². The molecule has 0 aliphatic carbocycles. The van der Waals surface area contributed by atoms with Gasteiger partial charge in [0.25, 0.3) is 0 Å². The summed E-state index contributed by atoms with van der Waals surface area (Å²) in [5, 5.41) is 4.87. The van der Waals surface area contributed by atoms with Gasteiger partial charge < -0.3 is 19.6 Å². The molecule has 0 radical (unpaired) electrons. The van der Waals surface area contributed by atoms with Crippen molar-refractivity contribution in [2.75, 3.05) is 19.6 Å². The molecule has 0 amide bonds. The summed E-state index contributed by atoms with van der Waals surface area (Å²) < 4.78 is 0. The molecule has 0 aliphatic heterocycles. The van der Waals surface area contributed by atoms with Crippen molar-refractivity contribution in [3.63, 3.8) is 0 Å². The molecule has 0 atom stereocenters. The summed E-state index contributed by atoms with van der Waals surface area (Å²) in [6.07, 6.45) is 0. The van der Waals surface area contributed by atoms with E-state index < -0.39 is 0 Å². The maximum absolute atomic E-state index is 2.34. The summed E-state index contributed by atoms with van der Waals surface area (Å²) in [5.74, 6) is 0. The van der Waals surface area contributed by atoms with Crippen LogP contribution in [0.5, 0.6) is 0 Å². The van der Waals surface area contributed by atoms with Crippen molar-refractivity contribution in [3.8, 4) is 22.3 Å². The maximum atomic E-state index is 2.34. The monoisotopic (exact) mass is 1080 g/mol. The Kier molecular flexibility index (Phi) is 15.3. The highest BCUT2D eigenvalue weighted by Gasteiger charge is 2.19. The number of nitrogens with zero attached hydrogens (tertiary/aromatic N) is 4. The minimum absolute atomic E-state index is 1.12. The first-order valence-corrected chi connectivity index (χ1v) is 28.6. The zero-order chi connectivity index (χ0) is 56.3. The molecule has 0 N–H and O–H groups in total. The molecule has 4 nitrogen and oxygen atoms in total. The molecule has 400 valence electrons. The van der Waals surface area contributed by atoms with E-state index >= 15 is 0 Å². The van der Waals surface area contributed by atoms with Crippen molar-refractivity contribution in [2.24, 2.45) is 0 Å². The van der Waals surface area contributed by atoms with Gasteiger partial charge in [-0.1, -0.05) is 218 Å². The summed E-state index contributed by atoms with van der Waals surface area (Å²) in [6, 6.07) is 129. The highest BCUT2D eigenvalue weighted by Crippen LogP contribution is 2.44. The second kappa shape index (κ2) is 24.7. The van der Waals surface area contributed by atoms with Crippen LogP contribution in [-0.4, -0.2) is 0 Å². The van der Waals surface area contributed by atoms with E-state index in [1.165, 1.54) is 43.8 Å². The van der Waals surface area contributed by atoms with Crippen molar-refractivity contribution < 1.29 is 0 Å². The van der Waals surface area contributed by atoms with E-state index in [9.17, 15) is 0 Å². The van der Waals surface area contributed by atoms with Crippen LogP contribution in [0.1, 0.15) is 0 Å². The predicted molar refractivity (Wildman–Crippen MR) is 358 cm³/mol. The van der Waals surface area contributed by atoms with Crippen molar-refractivity contribution in [1.29, 1.82) is 0 Å². The van der Waals surface area contributed by atoms with Gasteiger partial charge in [-0.15, -0.1) is 0 Å². The van der Waals surface area contributed by atoms with E-state index in [0.717, 1.165) is 68.2 Å². The highest BCUT2D eigenvalue weighted by atomic mass is 15.2. The molecule has 84 heavy (non-hydrogen) atoms. The first-order chi connectivity index (χ1) is 41.7. The molecule has 14 aromatic rings. The van der Waals surface area contributed by atoms with Gasteiger partial charge in [-0.2, -0.15) is 0 Å². The van der Waals surface area contributed by atoms with Crippen molar-refractivity contribution >= 4 is 89.8 Å². The number of hydrogen-bond donors (Lipinski definition) is 0. The van der Waals surface area contributed by atoms with Gasteiger partial charge in [0.15, 0.2) is 0 Å². The Bertz CT molecular complexity index is 4220. The lowest BCUT2D eigenvalue weighted by atomic mass is 9.96. The summed E-state index contributed by atoms with van der Waals surface area (Å²) in [4.78, 5) is 9.23. The molecular weight excluding hydrogens is 1020 g/mol. The van der Waals surface area contributed by atoms with E-state index in [1.54, 1.807) is 0 Å². The Morgan fingerprint density at radius 3 is 0.821 bits per heavy atom. The fraction of sp³-hybridized carbons (Fsp3) is 0. The summed E-state index contributed by atoms with van der Waals surface area (Å²) in [5.41, 5.74) is 18.4. The van der Waals surface area contributed by atoms with E-state index in [1.807, 2.05) is 0 Å². The highest BCUT2D eigenvalue weighted by molar-refractivity contribution is 6.06. The van der Waals surface area contributed by atoms with Gasteiger partial charge in [-0.25, -0.2) is 0 Å². The van der Waals surface area contributed by atoms with Crippen LogP contribution in [0.2, 0.25) is 0 Å². The number of anilines is 12. The van der Waals surface area contributed by atoms with Crippen molar-refractivity contribution in [1.82, 2.24) is 0 Å². The summed E-state index contributed by atoms with van der Waals surface area (Å²) >= 11 is 0. The van der Waals surface area contributed by atoms with Gasteiger partial charge >= 0.3 is 0 Å². The molecule has 0 spiro atoms. The number of para-hydroxylation sites is 8. The first kappa shape index (κ1) is 52.2. The first-order valence-electron chi connectivity index (χ1n) is 28.6. The average Bonchev–Trinajstić information content (AvgIpc) is 3.72. The Morgan fingerprint density at radius 2 is 0.429 bits per heavy atom. The molecule has 0 bridgehead atoms. The molecule has 4 heteroatoms. The third-order valence-electron chi connectivity index (χ3n) is 15.2. The lowest BCUT2D eigenvalue weighted by Crippen LogP contribution is -2.10. The third kappa shape index (κ3) is 11.3. The van der Waals surface area contributed by atoms with E-state index in [-0.39, 0.29) is 0 Å². The van der Waals surface area contributed by atoms with E-state index in [0.29, 0.717) is 0 Å². The van der Waals surface area contributed by atoms with Gasteiger partial charge in [-0.3, -0.25) is 0 Å². The third-order valence-corrected chi connectivity index (χ3v) is 15.2. The zero-order valence-corrected chi connectivity index (χ0v) is 46.4. The van der Waals surface area contributed by atoms with Gasteiger partial charge in [0.1, 0.15) is 0 Å². The molecule has 0 aliphatic rings. The minimum atomic E-state index is 1.12. The predicted octanol–water partition coefficient (Wildman–Crippen LogP) is 22.9. The summed E-state index contributed by atoms with van der Waals surface area (Å²) in [6.45, 7) is 0. The van der Waals surface area contributed by atoms with Crippen LogP contribution in [0.3, 0.4) is 0 Å². The molecule has 0 heterocycles. The molecule has 0 unspecified atom stereocenters. The van der Waals surface area contributed by atoms with Crippen LogP contribution in [0.25, 0.3) is 43.8 Å². The number of benzene rings is 14. The SMILES string of the molecule is c1ccc(N(c2ccccc2)c2ccc(-c3ccc(N(c4ccccc4)c4ccccc4)c4ccccc34)cc2)cc1.c1ccc(N(c2ccccc2)c2ccc(-c3ccc4cc(N(c5ccccc5)c5ccccc5)ccc4c3)cc2)cc1. The van der Waals surface area contributed by atoms with Crippen molar-refractivity contribution in [3.05, 3.63) is 364 Å². The van der Waals surface area contributed by atoms with E-state index in [2.05, 4.69) is 384 Å². The van der Waals surface area contributed by atoms with Crippen LogP contribution in [0.15, 0.2) is 364 Å². The topological polar surface area (TPSA) is 13.0 Å². The zero-order valence-electron chi connectivity index (χ0n) is 46.4. The molecule has 14 rings (SSSR count). The van der Waals surface area contributed by atoms with Gasteiger partial charge in [0, 0.05) is 67.9 Å². The summed E-state index contributed by atoms with van der Waals surface area (Å²) in [7, 11) is 0. The number of hydrogen-bond acceptors (Lipinski definition) is 4. The van der Waals surface area contributed by atoms with Crippen LogP contribution in [-0.2, 0) is 0 Å². The second-order valence-corrected chi connectivity index (χ2v) is 20.5. The Hall–Kier alpha value is -11.2. The Balaban J connectivity index is 0.000000157. The maximum Gasteiger partial charge on any atom is 0.0540 e. The molecule has 0 aromatic heterocycles. The second-order valence-electron chi connectivity index (χ2n) is 20.5. The molecule has 14 aromatic carbocycles. The number of rotatable bonds is 14. The molecule has 0 saturated heterocycles. The fourth-order valence-corrected chi connectivity index (χ4v) is 11.3. The van der Waals surface area contributed by atoms with Crippen LogP contribution in [0.4, 0.5) is 68.2 Å². The smallest absolute Gasteiger partial charge is 0.0540 e. The molecule has 0 saturated carbocycles. The van der Waals surface area contributed by atoms with Crippen LogP contribution in [0, 0.1) is 0 Å². The average molecular weight is 1080 g/mol. The lowest BCUT2D eigenvalue weighted by Gasteiger charge is -2.27. The van der Waals surface area contributed by atoms with E-state index in [4.69, 9.17) is 0 Å². The largest absolute Gasteiger partial charge is 0.311 e. The standard InChI is InChI=1S/2C40H30N2/c1-5-15-32(16-6-1)41(33-17-7-2-8-18-33)36-27-25-31(26-28-36)37-29-30-40(39-24-14-13-23-38(37)39)42(34-19-9-3-10-20-34)35-21-11-4-12-22-35;1-5-13-35(14-6-1)41(36-15-7-2-8-16-36)39-26-23-31(24-27-39)32-21-22-34-30-40(28-25-33(34)29-32)42(37-17-9-3-10-18-37)38-19-11-4-12-20-38/h2*1-30H. The Labute approximate surface area is 492 Å². The van der Waals surface area contributed by atoms with Gasteiger partial charge in [0.05, 0.1) is 5.69 Å². The number of fused-ring (bicyclic) bond motifs is 2. The lowest BCUT2D eigenvalue weighted by molar-refractivity contribution is 1.28. The fourth-order valence-electron chi connectivity index (χ4n) is 11.3. The van der Waals surface area contributed by atoms with Crippen LogP contribution >= 0.6 is 0 Å². The molecular formula is C80H60N4. The minimum Gasteiger partial charge on any atom is -0.311 e. The molecule has 0 fully saturated rings. The van der Waals surface area contributed by atoms with Crippen LogP contribution < -0.4 is 19.6 Å². The van der Waals surface area contributed by atoms with Gasteiger partial charge in [-0.05, 0) is 184 Å². The Morgan fingerprint density at radius 1 is 0.155 bits per heavy atom.